The highest BCUT2D eigenvalue weighted by Crippen LogP contribution is 2.18. The SMILES string of the molecule is COc1ncccc1C(=O)N(C)Cc1cccc([N+](=O)[O-])c1. The molecular formula is C15H15N3O4. The molecule has 0 bridgehead atoms. The lowest BCUT2D eigenvalue weighted by molar-refractivity contribution is -0.384. The predicted octanol–water partition coefficient (Wildman–Crippen LogP) is 2.27. The van der Waals surface area contributed by atoms with Gasteiger partial charge in [0.1, 0.15) is 5.56 Å². The summed E-state index contributed by atoms with van der Waals surface area (Å²) in [5, 5.41) is 10.8. The number of aromatic nitrogens is 1. The van der Waals surface area contributed by atoms with Crippen molar-refractivity contribution in [3.63, 3.8) is 0 Å². The molecule has 0 spiro atoms. The Balaban J connectivity index is 2.18. The van der Waals surface area contributed by atoms with Gasteiger partial charge in [-0.25, -0.2) is 4.98 Å². The third kappa shape index (κ3) is 3.38. The molecule has 22 heavy (non-hydrogen) atoms. The number of nitro groups is 1. The summed E-state index contributed by atoms with van der Waals surface area (Å²) in [5.74, 6) is -0.0187. The molecule has 1 aromatic carbocycles. The van der Waals surface area contributed by atoms with Crippen LogP contribution >= 0.6 is 0 Å². The van der Waals surface area contributed by atoms with Crippen molar-refractivity contribution in [3.05, 3.63) is 63.8 Å². The Morgan fingerprint density at radius 1 is 1.36 bits per heavy atom. The number of carbonyl (C=O) groups is 1. The molecule has 114 valence electrons. The van der Waals surface area contributed by atoms with Gasteiger partial charge in [-0.05, 0) is 17.7 Å². The van der Waals surface area contributed by atoms with Crippen LogP contribution in [-0.4, -0.2) is 34.9 Å². The number of methoxy groups -OCH3 is 1. The van der Waals surface area contributed by atoms with Gasteiger partial charge in [0.05, 0.1) is 12.0 Å². The number of ether oxygens (including phenoxy) is 1. The maximum atomic E-state index is 12.4. The first kappa shape index (κ1) is 15.4. The highest BCUT2D eigenvalue weighted by atomic mass is 16.6. The molecule has 1 aromatic heterocycles. The average molecular weight is 301 g/mol. The molecule has 1 heterocycles. The van der Waals surface area contributed by atoms with Crippen molar-refractivity contribution in [1.82, 2.24) is 9.88 Å². The number of pyridine rings is 1. The number of hydrogen-bond donors (Lipinski definition) is 0. The fourth-order valence-corrected chi connectivity index (χ4v) is 2.04. The van der Waals surface area contributed by atoms with Crippen LogP contribution in [0.4, 0.5) is 5.69 Å². The average Bonchev–Trinajstić information content (AvgIpc) is 2.54. The highest BCUT2D eigenvalue weighted by molar-refractivity contribution is 5.96. The van der Waals surface area contributed by atoms with E-state index in [1.54, 1.807) is 31.3 Å². The van der Waals surface area contributed by atoms with Crippen molar-refractivity contribution in [1.29, 1.82) is 0 Å². The number of non-ortho nitro benzene ring substituents is 1. The summed E-state index contributed by atoms with van der Waals surface area (Å²) in [6.45, 7) is 0.249. The lowest BCUT2D eigenvalue weighted by Gasteiger charge is -2.18. The summed E-state index contributed by atoms with van der Waals surface area (Å²) in [4.78, 5) is 28.2. The zero-order valence-electron chi connectivity index (χ0n) is 12.2. The summed E-state index contributed by atoms with van der Waals surface area (Å²) in [6, 6.07) is 9.46. The van der Waals surface area contributed by atoms with Crippen LogP contribution in [0.3, 0.4) is 0 Å². The molecule has 0 unspecified atom stereocenters. The van der Waals surface area contributed by atoms with E-state index >= 15 is 0 Å². The van der Waals surface area contributed by atoms with Gasteiger partial charge in [-0.15, -0.1) is 0 Å². The van der Waals surface area contributed by atoms with Gasteiger partial charge in [-0.2, -0.15) is 0 Å². The Labute approximate surface area is 127 Å². The van der Waals surface area contributed by atoms with Crippen molar-refractivity contribution >= 4 is 11.6 Å². The molecule has 0 fully saturated rings. The van der Waals surface area contributed by atoms with Crippen LogP contribution in [0.15, 0.2) is 42.6 Å². The van der Waals surface area contributed by atoms with Gasteiger partial charge in [-0.1, -0.05) is 12.1 Å². The van der Waals surface area contributed by atoms with Gasteiger partial charge in [-0.3, -0.25) is 14.9 Å². The van der Waals surface area contributed by atoms with Gasteiger partial charge in [0.2, 0.25) is 5.88 Å². The fraction of sp³-hybridized carbons (Fsp3) is 0.200. The van der Waals surface area contributed by atoms with Crippen LogP contribution in [0.1, 0.15) is 15.9 Å². The van der Waals surface area contributed by atoms with Crippen LogP contribution in [0, 0.1) is 10.1 Å². The lowest BCUT2D eigenvalue weighted by atomic mass is 10.1. The topological polar surface area (TPSA) is 85.6 Å². The molecule has 0 saturated heterocycles. The Hall–Kier alpha value is -2.96. The minimum Gasteiger partial charge on any atom is -0.480 e. The third-order valence-electron chi connectivity index (χ3n) is 3.08. The molecule has 7 heteroatoms. The number of carbonyl (C=O) groups excluding carboxylic acids is 1. The van der Waals surface area contributed by atoms with E-state index in [0.717, 1.165) is 0 Å². The Bertz CT molecular complexity index is 703. The quantitative estimate of drug-likeness (QED) is 0.624. The molecule has 0 N–H and O–H groups in total. The normalized spacial score (nSPS) is 10.1. The number of amides is 1. The summed E-state index contributed by atoms with van der Waals surface area (Å²) in [6.07, 6.45) is 1.54. The van der Waals surface area contributed by atoms with Crippen molar-refractivity contribution < 1.29 is 14.5 Å². The zero-order chi connectivity index (χ0) is 16.1. The maximum absolute atomic E-state index is 12.4. The molecule has 0 atom stereocenters. The van der Waals surface area contributed by atoms with Crippen molar-refractivity contribution in [2.75, 3.05) is 14.2 Å². The van der Waals surface area contributed by atoms with Gasteiger partial charge >= 0.3 is 0 Å². The van der Waals surface area contributed by atoms with E-state index in [0.29, 0.717) is 11.1 Å². The van der Waals surface area contributed by atoms with E-state index in [2.05, 4.69) is 4.98 Å². The number of hydrogen-bond acceptors (Lipinski definition) is 5. The van der Waals surface area contributed by atoms with E-state index in [1.165, 1.54) is 30.3 Å². The molecule has 2 aromatic rings. The number of nitro benzene ring substituents is 1. The van der Waals surface area contributed by atoms with Crippen molar-refractivity contribution in [3.8, 4) is 5.88 Å². The molecule has 0 aliphatic rings. The van der Waals surface area contributed by atoms with Crippen molar-refractivity contribution in [2.24, 2.45) is 0 Å². The molecule has 0 saturated carbocycles. The number of rotatable bonds is 5. The summed E-state index contributed by atoms with van der Waals surface area (Å²) in [7, 11) is 3.06. The van der Waals surface area contributed by atoms with Crippen LogP contribution < -0.4 is 4.74 Å². The maximum Gasteiger partial charge on any atom is 0.269 e. The van der Waals surface area contributed by atoms with Crippen molar-refractivity contribution in [2.45, 2.75) is 6.54 Å². The van der Waals surface area contributed by atoms with Crippen LogP contribution in [-0.2, 0) is 6.54 Å². The second-order valence-corrected chi connectivity index (χ2v) is 4.65. The monoisotopic (exact) mass is 301 g/mol. The molecule has 7 nitrogen and oxygen atoms in total. The predicted molar refractivity (Wildman–Crippen MR) is 79.7 cm³/mol. The zero-order valence-corrected chi connectivity index (χ0v) is 12.2. The third-order valence-corrected chi connectivity index (χ3v) is 3.08. The van der Waals surface area contributed by atoms with Crippen LogP contribution in [0.2, 0.25) is 0 Å². The minimum absolute atomic E-state index is 0.00249. The van der Waals surface area contributed by atoms with E-state index in [9.17, 15) is 14.9 Å². The molecule has 1 amide bonds. The Kier molecular flexibility index (Phi) is 4.67. The second kappa shape index (κ2) is 6.66. The molecule has 0 aliphatic carbocycles. The molecule has 0 radical (unpaired) electrons. The Morgan fingerprint density at radius 3 is 2.82 bits per heavy atom. The van der Waals surface area contributed by atoms with Gasteiger partial charge < -0.3 is 9.64 Å². The van der Waals surface area contributed by atoms with Gasteiger partial charge in [0.25, 0.3) is 11.6 Å². The van der Waals surface area contributed by atoms with Gasteiger partial charge in [0.15, 0.2) is 0 Å². The van der Waals surface area contributed by atoms with E-state index in [4.69, 9.17) is 4.74 Å². The molecule has 2 rings (SSSR count). The highest BCUT2D eigenvalue weighted by Gasteiger charge is 2.18. The summed E-state index contributed by atoms with van der Waals surface area (Å²) >= 11 is 0. The van der Waals surface area contributed by atoms with E-state index in [1.807, 2.05) is 0 Å². The number of nitrogens with zero attached hydrogens (tertiary/aromatic N) is 3. The summed E-state index contributed by atoms with van der Waals surface area (Å²) in [5.41, 5.74) is 1.02. The molecular weight excluding hydrogens is 286 g/mol. The summed E-state index contributed by atoms with van der Waals surface area (Å²) < 4.78 is 5.07. The first-order chi connectivity index (χ1) is 10.5. The molecule has 0 aliphatic heterocycles. The first-order valence-corrected chi connectivity index (χ1v) is 6.50. The standard InChI is InChI=1S/C15H15N3O4/c1-17(10-11-5-3-6-12(9-11)18(20)21)15(19)13-7-4-8-16-14(13)22-2/h3-9H,10H2,1-2H3. The van der Waals surface area contributed by atoms with E-state index in [-0.39, 0.29) is 24.0 Å². The largest absolute Gasteiger partial charge is 0.480 e. The minimum atomic E-state index is -0.463. The van der Waals surface area contributed by atoms with Crippen LogP contribution in [0.25, 0.3) is 0 Å². The van der Waals surface area contributed by atoms with E-state index < -0.39 is 4.92 Å². The number of benzene rings is 1. The smallest absolute Gasteiger partial charge is 0.269 e. The van der Waals surface area contributed by atoms with Gasteiger partial charge in [0, 0.05) is 31.9 Å². The Morgan fingerprint density at radius 2 is 2.14 bits per heavy atom. The lowest BCUT2D eigenvalue weighted by Crippen LogP contribution is -2.26. The first-order valence-electron chi connectivity index (χ1n) is 6.50. The van der Waals surface area contributed by atoms with Crippen LogP contribution in [0.5, 0.6) is 5.88 Å². The fourth-order valence-electron chi connectivity index (χ4n) is 2.04. The second-order valence-electron chi connectivity index (χ2n) is 4.65.